The molecule has 0 radical (unpaired) electrons. The summed E-state index contributed by atoms with van der Waals surface area (Å²) in [5.74, 6) is -0.184. The Morgan fingerprint density at radius 1 is 1.24 bits per heavy atom. The van der Waals surface area contributed by atoms with Crippen LogP contribution in [0.25, 0.3) is 0 Å². The molecule has 128 valence electrons. The summed E-state index contributed by atoms with van der Waals surface area (Å²) in [6.07, 6.45) is 2.46. The highest BCUT2D eigenvalue weighted by atomic mass is 35.5. The molecule has 4 nitrogen and oxygen atoms in total. The van der Waals surface area contributed by atoms with Crippen LogP contribution in [0.4, 0.5) is 5.13 Å². The standard InChI is InChI=1S/C19H17ClN2O2S/c1-24-12-13-5-4-7-15(9-13)18(23)22-19-21-11-16(25-19)10-14-6-2-3-8-17(14)20/h2-9,11H,10,12H2,1H3,(H,21,22,23). The number of methoxy groups -OCH3 is 1. The van der Waals surface area contributed by atoms with Gasteiger partial charge < -0.3 is 4.74 Å². The van der Waals surface area contributed by atoms with Crippen molar-refractivity contribution in [1.82, 2.24) is 4.98 Å². The third-order valence-electron chi connectivity index (χ3n) is 3.60. The summed E-state index contributed by atoms with van der Waals surface area (Å²) in [7, 11) is 1.63. The van der Waals surface area contributed by atoms with Crippen molar-refractivity contribution in [3.8, 4) is 0 Å². The van der Waals surface area contributed by atoms with Gasteiger partial charge in [-0.2, -0.15) is 0 Å². The Balaban J connectivity index is 1.68. The average Bonchev–Trinajstić information content (AvgIpc) is 3.04. The summed E-state index contributed by atoms with van der Waals surface area (Å²) >= 11 is 7.64. The summed E-state index contributed by atoms with van der Waals surface area (Å²) in [5, 5.41) is 4.15. The van der Waals surface area contributed by atoms with Crippen molar-refractivity contribution in [3.05, 3.63) is 81.3 Å². The van der Waals surface area contributed by atoms with Crippen molar-refractivity contribution < 1.29 is 9.53 Å². The van der Waals surface area contributed by atoms with E-state index in [4.69, 9.17) is 16.3 Å². The molecule has 0 saturated heterocycles. The fourth-order valence-electron chi connectivity index (χ4n) is 2.41. The molecule has 0 aliphatic heterocycles. The van der Waals surface area contributed by atoms with E-state index in [1.165, 1.54) is 11.3 Å². The van der Waals surface area contributed by atoms with Crippen LogP contribution in [0.1, 0.15) is 26.4 Å². The zero-order valence-electron chi connectivity index (χ0n) is 13.7. The maximum atomic E-state index is 12.4. The lowest BCUT2D eigenvalue weighted by Crippen LogP contribution is -2.11. The molecule has 0 atom stereocenters. The van der Waals surface area contributed by atoms with E-state index in [1.54, 1.807) is 19.4 Å². The van der Waals surface area contributed by atoms with Gasteiger partial charge in [0, 0.05) is 35.2 Å². The number of halogens is 1. The number of hydrogen-bond acceptors (Lipinski definition) is 4. The van der Waals surface area contributed by atoms with E-state index in [0.717, 1.165) is 21.0 Å². The van der Waals surface area contributed by atoms with Gasteiger partial charge in [0.15, 0.2) is 5.13 Å². The molecule has 0 spiro atoms. The molecule has 0 aliphatic rings. The minimum atomic E-state index is -0.184. The topological polar surface area (TPSA) is 51.2 Å². The van der Waals surface area contributed by atoms with Gasteiger partial charge in [0.1, 0.15) is 0 Å². The molecule has 1 amide bonds. The average molecular weight is 373 g/mol. The van der Waals surface area contributed by atoms with Crippen LogP contribution in [0.15, 0.2) is 54.7 Å². The summed E-state index contributed by atoms with van der Waals surface area (Å²) in [6.45, 7) is 0.473. The molecule has 1 heterocycles. The van der Waals surface area contributed by atoms with E-state index < -0.39 is 0 Å². The van der Waals surface area contributed by atoms with Crippen molar-refractivity contribution in [2.45, 2.75) is 13.0 Å². The molecule has 0 aliphatic carbocycles. The second-order valence-corrected chi connectivity index (χ2v) is 7.01. The van der Waals surface area contributed by atoms with E-state index in [1.807, 2.05) is 42.5 Å². The van der Waals surface area contributed by atoms with Crippen LogP contribution in [0.3, 0.4) is 0 Å². The number of carbonyl (C=O) groups excluding carboxylic acids is 1. The number of nitrogens with one attached hydrogen (secondary N) is 1. The van der Waals surface area contributed by atoms with Crippen LogP contribution in [0.2, 0.25) is 5.02 Å². The molecule has 0 fully saturated rings. The van der Waals surface area contributed by atoms with Crippen molar-refractivity contribution in [3.63, 3.8) is 0 Å². The lowest BCUT2D eigenvalue weighted by Gasteiger charge is -2.04. The zero-order valence-corrected chi connectivity index (χ0v) is 15.2. The van der Waals surface area contributed by atoms with Crippen LogP contribution in [-0.4, -0.2) is 18.0 Å². The molecule has 0 unspecified atom stereocenters. The number of amides is 1. The third-order valence-corrected chi connectivity index (χ3v) is 4.88. The Morgan fingerprint density at radius 3 is 2.88 bits per heavy atom. The van der Waals surface area contributed by atoms with Gasteiger partial charge in [-0.1, -0.05) is 41.9 Å². The summed E-state index contributed by atoms with van der Waals surface area (Å²) in [6, 6.07) is 15.1. The molecular weight excluding hydrogens is 356 g/mol. The Hall–Kier alpha value is -2.21. The number of nitrogens with zero attached hydrogens (tertiary/aromatic N) is 1. The molecule has 6 heteroatoms. The summed E-state index contributed by atoms with van der Waals surface area (Å²) < 4.78 is 5.10. The number of anilines is 1. The maximum absolute atomic E-state index is 12.4. The highest BCUT2D eigenvalue weighted by molar-refractivity contribution is 7.15. The van der Waals surface area contributed by atoms with E-state index in [0.29, 0.717) is 23.7 Å². The maximum Gasteiger partial charge on any atom is 0.257 e. The van der Waals surface area contributed by atoms with E-state index in [2.05, 4.69) is 10.3 Å². The SMILES string of the molecule is COCc1cccc(C(=O)Nc2ncc(Cc3ccccc3Cl)s2)c1. The number of rotatable bonds is 6. The fraction of sp³-hybridized carbons (Fsp3) is 0.158. The lowest BCUT2D eigenvalue weighted by molar-refractivity contribution is 0.102. The number of benzene rings is 2. The summed E-state index contributed by atoms with van der Waals surface area (Å²) in [5.41, 5.74) is 2.57. The van der Waals surface area contributed by atoms with Crippen LogP contribution >= 0.6 is 22.9 Å². The van der Waals surface area contributed by atoms with Gasteiger partial charge >= 0.3 is 0 Å². The first-order valence-electron chi connectivity index (χ1n) is 7.73. The molecule has 1 aromatic heterocycles. The van der Waals surface area contributed by atoms with Crippen LogP contribution in [-0.2, 0) is 17.8 Å². The number of hydrogen-bond donors (Lipinski definition) is 1. The van der Waals surface area contributed by atoms with Crippen LogP contribution in [0.5, 0.6) is 0 Å². The van der Waals surface area contributed by atoms with Gasteiger partial charge in [-0.25, -0.2) is 4.98 Å². The second-order valence-electron chi connectivity index (χ2n) is 5.49. The minimum absolute atomic E-state index is 0.184. The third kappa shape index (κ3) is 4.66. The molecule has 3 rings (SSSR count). The fourth-order valence-corrected chi connectivity index (χ4v) is 3.45. The molecular formula is C19H17ClN2O2S. The molecule has 25 heavy (non-hydrogen) atoms. The summed E-state index contributed by atoms with van der Waals surface area (Å²) in [4.78, 5) is 17.7. The smallest absolute Gasteiger partial charge is 0.257 e. The molecule has 0 bridgehead atoms. The first-order chi connectivity index (χ1) is 12.2. The molecule has 0 saturated carbocycles. The largest absolute Gasteiger partial charge is 0.380 e. The quantitative estimate of drug-likeness (QED) is 0.677. The highest BCUT2D eigenvalue weighted by Crippen LogP contribution is 2.25. The van der Waals surface area contributed by atoms with Gasteiger partial charge in [0.05, 0.1) is 6.61 Å². The van der Waals surface area contributed by atoms with Gasteiger partial charge in [0.2, 0.25) is 0 Å². The van der Waals surface area contributed by atoms with Gasteiger partial charge in [-0.05, 0) is 29.3 Å². The Kier molecular flexibility index (Phi) is 5.81. The molecule has 2 aromatic carbocycles. The van der Waals surface area contributed by atoms with Crippen molar-refractivity contribution in [2.75, 3.05) is 12.4 Å². The van der Waals surface area contributed by atoms with Gasteiger partial charge in [-0.15, -0.1) is 11.3 Å². The van der Waals surface area contributed by atoms with E-state index >= 15 is 0 Å². The highest BCUT2D eigenvalue weighted by Gasteiger charge is 2.11. The van der Waals surface area contributed by atoms with Crippen LogP contribution < -0.4 is 5.32 Å². The predicted molar refractivity (Wildman–Crippen MR) is 101 cm³/mol. The normalized spacial score (nSPS) is 10.6. The number of ether oxygens (including phenoxy) is 1. The zero-order chi connectivity index (χ0) is 17.6. The number of carbonyl (C=O) groups is 1. The monoisotopic (exact) mass is 372 g/mol. The number of thiazole rings is 1. The predicted octanol–water partition coefficient (Wildman–Crippen LogP) is 4.79. The van der Waals surface area contributed by atoms with Crippen molar-refractivity contribution >= 4 is 34.0 Å². The van der Waals surface area contributed by atoms with Crippen molar-refractivity contribution in [2.24, 2.45) is 0 Å². The Morgan fingerprint density at radius 2 is 2.08 bits per heavy atom. The first-order valence-corrected chi connectivity index (χ1v) is 8.92. The second kappa shape index (κ2) is 8.25. The van der Waals surface area contributed by atoms with Crippen LogP contribution in [0, 0.1) is 0 Å². The number of aromatic nitrogens is 1. The first kappa shape index (κ1) is 17.6. The molecule has 1 N–H and O–H groups in total. The lowest BCUT2D eigenvalue weighted by atomic mass is 10.1. The molecule has 3 aromatic rings. The Labute approximate surface area is 155 Å². The van der Waals surface area contributed by atoms with Gasteiger partial charge in [0.25, 0.3) is 5.91 Å². The Bertz CT molecular complexity index is 879. The van der Waals surface area contributed by atoms with Crippen molar-refractivity contribution in [1.29, 1.82) is 0 Å². The minimum Gasteiger partial charge on any atom is -0.380 e. The van der Waals surface area contributed by atoms with E-state index in [9.17, 15) is 4.79 Å². The van der Waals surface area contributed by atoms with E-state index in [-0.39, 0.29) is 5.91 Å². The van der Waals surface area contributed by atoms with Gasteiger partial charge in [-0.3, -0.25) is 10.1 Å².